The zero-order chi connectivity index (χ0) is 13.0. The lowest BCUT2D eigenvalue weighted by Gasteiger charge is -2.14. The molecule has 0 fully saturated rings. The van der Waals surface area contributed by atoms with Gasteiger partial charge in [-0.15, -0.1) is 0 Å². The third-order valence-electron chi connectivity index (χ3n) is 2.54. The number of aliphatic hydroxyl groups excluding tert-OH is 1. The van der Waals surface area contributed by atoms with Crippen molar-refractivity contribution < 1.29 is 19.4 Å². The number of ketones is 1. The predicted octanol–water partition coefficient (Wildman–Crippen LogP) is 1.90. The molecule has 0 aliphatic carbocycles. The number of benzene rings is 1. The molecule has 0 aromatic heterocycles. The Morgan fingerprint density at radius 2 is 1.59 bits per heavy atom. The van der Waals surface area contributed by atoms with E-state index in [9.17, 15) is 9.90 Å². The first kappa shape index (κ1) is 13.5. The van der Waals surface area contributed by atoms with Gasteiger partial charge in [-0.1, -0.05) is 13.8 Å². The van der Waals surface area contributed by atoms with E-state index >= 15 is 0 Å². The molecule has 1 rings (SSSR count). The number of hydrogen-bond donors (Lipinski definition) is 1. The smallest absolute Gasteiger partial charge is 0.191 e. The quantitative estimate of drug-likeness (QED) is 0.796. The van der Waals surface area contributed by atoms with Crippen LogP contribution in [-0.4, -0.2) is 31.2 Å². The maximum absolute atomic E-state index is 12.0. The molecule has 0 bridgehead atoms. The van der Waals surface area contributed by atoms with Gasteiger partial charge in [-0.2, -0.15) is 0 Å². The number of aliphatic hydroxyl groups is 1. The van der Waals surface area contributed by atoms with Crippen LogP contribution in [0.3, 0.4) is 0 Å². The van der Waals surface area contributed by atoms with Crippen LogP contribution in [0.4, 0.5) is 0 Å². The SMILES string of the molecule is COc1cc(OC)cc(C(=O)C(O)C(C)C)c1. The first-order valence-corrected chi connectivity index (χ1v) is 5.45. The lowest BCUT2D eigenvalue weighted by molar-refractivity contribution is 0.0647. The van der Waals surface area contributed by atoms with Gasteiger partial charge < -0.3 is 14.6 Å². The summed E-state index contributed by atoms with van der Waals surface area (Å²) in [6.45, 7) is 3.58. The van der Waals surface area contributed by atoms with E-state index in [-0.39, 0.29) is 11.7 Å². The molecule has 94 valence electrons. The van der Waals surface area contributed by atoms with Gasteiger partial charge in [-0.05, 0) is 18.1 Å². The summed E-state index contributed by atoms with van der Waals surface area (Å²) in [5.74, 6) is 0.615. The average molecular weight is 238 g/mol. The normalized spacial score (nSPS) is 12.4. The van der Waals surface area contributed by atoms with Crippen molar-refractivity contribution in [3.63, 3.8) is 0 Å². The zero-order valence-corrected chi connectivity index (χ0v) is 10.6. The van der Waals surface area contributed by atoms with E-state index in [1.165, 1.54) is 14.2 Å². The van der Waals surface area contributed by atoms with E-state index in [1.807, 2.05) is 0 Å². The molecule has 0 saturated heterocycles. The van der Waals surface area contributed by atoms with Gasteiger partial charge in [-0.3, -0.25) is 4.79 Å². The van der Waals surface area contributed by atoms with Gasteiger partial charge in [-0.25, -0.2) is 0 Å². The Bertz CT molecular complexity index is 376. The average Bonchev–Trinajstić information content (AvgIpc) is 2.35. The number of ether oxygens (including phenoxy) is 2. The Hall–Kier alpha value is -1.55. The summed E-state index contributed by atoms with van der Waals surface area (Å²) in [6.07, 6.45) is -1.01. The molecule has 1 aromatic carbocycles. The van der Waals surface area contributed by atoms with Crippen molar-refractivity contribution in [2.75, 3.05) is 14.2 Å². The van der Waals surface area contributed by atoms with Crippen LogP contribution in [0.1, 0.15) is 24.2 Å². The van der Waals surface area contributed by atoms with Crippen molar-refractivity contribution in [1.29, 1.82) is 0 Å². The maximum Gasteiger partial charge on any atom is 0.191 e. The molecule has 0 aliphatic heterocycles. The fourth-order valence-corrected chi connectivity index (χ4v) is 1.42. The first-order valence-electron chi connectivity index (χ1n) is 5.45. The van der Waals surface area contributed by atoms with Crippen LogP contribution in [0, 0.1) is 5.92 Å². The molecule has 0 spiro atoms. The van der Waals surface area contributed by atoms with Gasteiger partial charge in [0.25, 0.3) is 0 Å². The van der Waals surface area contributed by atoms with Crippen LogP contribution in [0.5, 0.6) is 11.5 Å². The van der Waals surface area contributed by atoms with E-state index < -0.39 is 6.10 Å². The van der Waals surface area contributed by atoms with Gasteiger partial charge >= 0.3 is 0 Å². The second-order valence-electron chi connectivity index (χ2n) is 4.15. The minimum atomic E-state index is -1.01. The Labute approximate surface area is 101 Å². The minimum Gasteiger partial charge on any atom is -0.497 e. The summed E-state index contributed by atoms with van der Waals surface area (Å²) in [5, 5.41) is 9.74. The van der Waals surface area contributed by atoms with Gasteiger partial charge in [0.15, 0.2) is 5.78 Å². The third-order valence-corrected chi connectivity index (χ3v) is 2.54. The largest absolute Gasteiger partial charge is 0.497 e. The van der Waals surface area contributed by atoms with E-state index in [4.69, 9.17) is 9.47 Å². The van der Waals surface area contributed by atoms with E-state index in [1.54, 1.807) is 32.0 Å². The van der Waals surface area contributed by atoms with E-state index in [0.29, 0.717) is 17.1 Å². The van der Waals surface area contributed by atoms with E-state index in [2.05, 4.69) is 0 Å². The molecule has 4 heteroatoms. The summed E-state index contributed by atoms with van der Waals surface area (Å²) in [5.41, 5.74) is 0.391. The number of methoxy groups -OCH3 is 2. The highest BCUT2D eigenvalue weighted by molar-refractivity contribution is 6.00. The number of hydrogen-bond acceptors (Lipinski definition) is 4. The Morgan fingerprint density at radius 1 is 1.12 bits per heavy atom. The molecule has 4 nitrogen and oxygen atoms in total. The molecular weight excluding hydrogens is 220 g/mol. The van der Waals surface area contributed by atoms with Crippen LogP contribution >= 0.6 is 0 Å². The summed E-state index contributed by atoms with van der Waals surface area (Å²) in [6, 6.07) is 4.87. The van der Waals surface area contributed by atoms with Crippen molar-refractivity contribution in [3.8, 4) is 11.5 Å². The second kappa shape index (κ2) is 5.68. The molecule has 17 heavy (non-hydrogen) atoms. The number of carbonyl (C=O) groups is 1. The van der Waals surface area contributed by atoms with Gasteiger partial charge in [0.05, 0.1) is 14.2 Å². The monoisotopic (exact) mass is 238 g/mol. The summed E-state index contributed by atoms with van der Waals surface area (Å²) in [7, 11) is 3.03. The van der Waals surface area contributed by atoms with Gasteiger partial charge in [0, 0.05) is 11.6 Å². The molecule has 0 radical (unpaired) electrons. The Morgan fingerprint density at radius 3 is 1.94 bits per heavy atom. The van der Waals surface area contributed by atoms with Crippen LogP contribution in [0.15, 0.2) is 18.2 Å². The molecule has 0 amide bonds. The lowest BCUT2D eigenvalue weighted by atomic mass is 9.97. The molecule has 0 saturated carbocycles. The lowest BCUT2D eigenvalue weighted by Crippen LogP contribution is -2.26. The highest BCUT2D eigenvalue weighted by atomic mass is 16.5. The van der Waals surface area contributed by atoms with Gasteiger partial charge in [0.1, 0.15) is 17.6 Å². The van der Waals surface area contributed by atoms with Crippen molar-refractivity contribution in [3.05, 3.63) is 23.8 Å². The highest BCUT2D eigenvalue weighted by Gasteiger charge is 2.21. The van der Waals surface area contributed by atoms with Crippen molar-refractivity contribution >= 4 is 5.78 Å². The number of rotatable bonds is 5. The topological polar surface area (TPSA) is 55.8 Å². The maximum atomic E-state index is 12.0. The predicted molar refractivity (Wildman–Crippen MR) is 64.7 cm³/mol. The standard InChI is InChI=1S/C13H18O4/c1-8(2)12(14)13(15)9-5-10(16-3)7-11(6-9)17-4/h5-8,12,14H,1-4H3. The fourth-order valence-electron chi connectivity index (χ4n) is 1.42. The Kier molecular flexibility index (Phi) is 4.52. The fraction of sp³-hybridized carbons (Fsp3) is 0.462. The molecule has 0 aliphatic rings. The third kappa shape index (κ3) is 3.20. The first-order chi connectivity index (χ1) is 7.99. The van der Waals surface area contributed by atoms with Crippen LogP contribution in [0.25, 0.3) is 0 Å². The van der Waals surface area contributed by atoms with Gasteiger partial charge in [0.2, 0.25) is 0 Å². The number of carbonyl (C=O) groups excluding carboxylic acids is 1. The summed E-state index contributed by atoms with van der Waals surface area (Å²) >= 11 is 0. The summed E-state index contributed by atoms with van der Waals surface area (Å²) in [4.78, 5) is 12.0. The summed E-state index contributed by atoms with van der Waals surface area (Å²) < 4.78 is 10.1. The van der Waals surface area contributed by atoms with Crippen molar-refractivity contribution in [2.24, 2.45) is 5.92 Å². The Balaban J connectivity index is 3.08. The van der Waals surface area contributed by atoms with Crippen LogP contribution in [0.2, 0.25) is 0 Å². The zero-order valence-electron chi connectivity index (χ0n) is 10.6. The highest BCUT2D eigenvalue weighted by Crippen LogP contribution is 2.24. The molecule has 1 unspecified atom stereocenters. The second-order valence-corrected chi connectivity index (χ2v) is 4.15. The molecule has 1 atom stereocenters. The minimum absolute atomic E-state index is 0.125. The van der Waals surface area contributed by atoms with Crippen LogP contribution in [-0.2, 0) is 0 Å². The number of Topliss-reactive ketones (excluding diaryl/α,β-unsaturated/α-hetero) is 1. The van der Waals surface area contributed by atoms with Crippen LogP contribution < -0.4 is 9.47 Å². The molecule has 1 aromatic rings. The van der Waals surface area contributed by atoms with E-state index in [0.717, 1.165) is 0 Å². The molecular formula is C13H18O4. The van der Waals surface area contributed by atoms with Crippen molar-refractivity contribution in [2.45, 2.75) is 20.0 Å². The van der Waals surface area contributed by atoms with Crippen molar-refractivity contribution in [1.82, 2.24) is 0 Å². The molecule has 0 heterocycles. The molecule has 1 N–H and O–H groups in total.